The van der Waals surface area contributed by atoms with E-state index in [9.17, 15) is 0 Å². The van der Waals surface area contributed by atoms with E-state index in [1.54, 1.807) is 7.11 Å². The lowest BCUT2D eigenvalue weighted by atomic mass is 10.0. The number of methoxy groups -OCH3 is 1. The van der Waals surface area contributed by atoms with E-state index in [1.807, 2.05) is 12.1 Å². The van der Waals surface area contributed by atoms with Crippen molar-refractivity contribution in [1.82, 2.24) is 10.1 Å². The normalized spacial score (nSPS) is 21.8. The van der Waals surface area contributed by atoms with Crippen molar-refractivity contribution in [2.45, 2.75) is 37.6 Å². The molecule has 5 nitrogen and oxygen atoms in total. The Labute approximate surface area is 123 Å². The summed E-state index contributed by atoms with van der Waals surface area (Å²) in [5.74, 6) is 2.32. The van der Waals surface area contributed by atoms with Gasteiger partial charge in [0.1, 0.15) is 5.75 Å². The molecule has 1 aromatic carbocycles. The molecule has 21 heavy (non-hydrogen) atoms. The van der Waals surface area contributed by atoms with E-state index in [1.165, 1.54) is 18.4 Å². The minimum atomic E-state index is 0.258. The number of benzene rings is 1. The second-order valence-electron chi connectivity index (χ2n) is 5.80. The van der Waals surface area contributed by atoms with Crippen LogP contribution in [-0.2, 0) is 0 Å². The number of nitrogens with zero attached hydrogens (tertiary/aromatic N) is 3. The summed E-state index contributed by atoms with van der Waals surface area (Å²) in [6.45, 7) is 0.953. The third-order valence-electron chi connectivity index (χ3n) is 4.37. The molecule has 2 fully saturated rings. The monoisotopic (exact) mass is 285 g/mol. The third-order valence-corrected chi connectivity index (χ3v) is 4.37. The quantitative estimate of drug-likeness (QED) is 0.862. The Morgan fingerprint density at radius 1 is 1.24 bits per heavy atom. The van der Waals surface area contributed by atoms with Gasteiger partial charge in [0.2, 0.25) is 0 Å². The van der Waals surface area contributed by atoms with Crippen molar-refractivity contribution in [1.29, 1.82) is 0 Å². The number of anilines is 1. The van der Waals surface area contributed by atoms with E-state index in [0.29, 0.717) is 11.9 Å². The van der Waals surface area contributed by atoms with Gasteiger partial charge in [0.05, 0.1) is 13.2 Å². The van der Waals surface area contributed by atoms with Gasteiger partial charge < -0.3 is 14.2 Å². The van der Waals surface area contributed by atoms with Gasteiger partial charge in [0, 0.05) is 18.0 Å². The highest BCUT2D eigenvalue weighted by Gasteiger charge is 2.34. The number of hydrogen-bond donors (Lipinski definition) is 0. The summed E-state index contributed by atoms with van der Waals surface area (Å²) in [6.07, 6.45) is 4.59. The first kappa shape index (κ1) is 12.7. The molecular formula is C16H19N3O2. The smallest absolute Gasteiger partial charge is 0.324 e. The zero-order chi connectivity index (χ0) is 14.2. The first-order valence-electron chi connectivity index (χ1n) is 7.60. The summed E-state index contributed by atoms with van der Waals surface area (Å²) in [7, 11) is 1.72. The van der Waals surface area contributed by atoms with Crippen LogP contribution in [0, 0.1) is 0 Å². The Balaban J connectivity index is 1.64. The molecule has 2 aromatic rings. The zero-order valence-corrected chi connectivity index (χ0v) is 12.2. The van der Waals surface area contributed by atoms with Crippen LogP contribution in [0.5, 0.6) is 5.75 Å². The SMILES string of the molecule is COc1ccccc1C1CCCN1c1nc(C2CC2)no1. The van der Waals surface area contributed by atoms with Crippen LogP contribution in [0.1, 0.15) is 49.0 Å². The van der Waals surface area contributed by atoms with Crippen molar-refractivity contribution in [3.8, 4) is 5.75 Å². The molecule has 2 aliphatic rings. The first-order chi connectivity index (χ1) is 10.4. The van der Waals surface area contributed by atoms with Crippen molar-refractivity contribution >= 4 is 6.01 Å². The molecule has 0 N–H and O–H groups in total. The highest BCUT2D eigenvalue weighted by Crippen LogP contribution is 2.42. The van der Waals surface area contributed by atoms with Crippen LogP contribution in [-0.4, -0.2) is 23.8 Å². The van der Waals surface area contributed by atoms with E-state index >= 15 is 0 Å². The Kier molecular flexibility index (Phi) is 3.05. The Morgan fingerprint density at radius 3 is 2.90 bits per heavy atom. The van der Waals surface area contributed by atoms with Crippen molar-refractivity contribution in [2.75, 3.05) is 18.6 Å². The second-order valence-corrected chi connectivity index (χ2v) is 5.80. The van der Waals surface area contributed by atoms with Crippen LogP contribution >= 0.6 is 0 Å². The molecule has 4 rings (SSSR count). The summed E-state index contributed by atoms with van der Waals surface area (Å²) in [5, 5.41) is 4.13. The van der Waals surface area contributed by atoms with Gasteiger partial charge in [-0.15, -0.1) is 0 Å². The van der Waals surface area contributed by atoms with E-state index in [4.69, 9.17) is 9.26 Å². The molecule has 0 bridgehead atoms. The molecule has 2 heterocycles. The highest BCUT2D eigenvalue weighted by molar-refractivity contribution is 5.43. The molecule has 1 aliphatic heterocycles. The van der Waals surface area contributed by atoms with Crippen LogP contribution in [0.4, 0.5) is 6.01 Å². The predicted octanol–water partition coefficient (Wildman–Crippen LogP) is 3.30. The number of hydrogen-bond acceptors (Lipinski definition) is 5. The van der Waals surface area contributed by atoms with E-state index in [2.05, 4.69) is 27.2 Å². The number of aromatic nitrogens is 2. The minimum Gasteiger partial charge on any atom is -0.496 e. The Hall–Kier alpha value is -2.04. The van der Waals surface area contributed by atoms with Crippen LogP contribution in [0.15, 0.2) is 28.8 Å². The highest BCUT2D eigenvalue weighted by atomic mass is 16.5. The number of ether oxygens (including phenoxy) is 1. The third kappa shape index (κ3) is 2.26. The average Bonchev–Trinajstić information content (AvgIpc) is 3.07. The predicted molar refractivity (Wildman–Crippen MR) is 78.6 cm³/mol. The molecule has 110 valence electrons. The van der Waals surface area contributed by atoms with Crippen LogP contribution in [0.2, 0.25) is 0 Å². The Bertz CT molecular complexity index is 636. The molecule has 1 unspecified atom stereocenters. The van der Waals surface area contributed by atoms with E-state index in [0.717, 1.165) is 31.0 Å². The van der Waals surface area contributed by atoms with Gasteiger partial charge in [-0.1, -0.05) is 23.4 Å². The fraction of sp³-hybridized carbons (Fsp3) is 0.500. The molecule has 0 radical (unpaired) electrons. The van der Waals surface area contributed by atoms with Crippen LogP contribution in [0.25, 0.3) is 0 Å². The second kappa shape index (κ2) is 5.06. The van der Waals surface area contributed by atoms with Crippen molar-refractivity contribution in [3.05, 3.63) is 35.7 Å². The van der Waals surface area contributed by atoms with Gasteiger partial charge in [-0.05, 0) is 31.7 Å². The summed E-state index contributed by atoms with van der Waals surface area (Å²) in [4.78, 5) is 6.81. The molecule has 1 atom stereocenters. The van der Waals surface area contributed by atoms with Gasteiger partial charge in [-0.25, -0.2) is 0 Å². The van der Waals surface area contributed by atoms with Crippen LogP contribution in [0.3, 0.4) is 0 Å². The zero-order valence-electron chi connectivity index (χ0n) is 12.2. The maximum atomic E-state index is 5.50. The molecule has 1 aromatic heterocycles. The standard InChI is InChI=1S/C16H19N3O2/c1-20-14-7-3-2-5-12(14)13-6-4-10-19(13)16-17-15(18-21-16)11-8-9-11/h2-3,5,7,11,13H,4,6,8-10H2,1H3. The van der Waals surface area contributed by atoms with E-state index < -0.39 is 0 Å². The lowest BCUT2D eigenvalue weighted by molar-refractivity contribution is 0.393. The van der Waals surface area contributed by atoms with Crippen molar-refractivity contribution in [3.63, 3.8) is 0 Å². The number of para-hydroxylation sites is 1. The summed E-state index contributed by atoms with van der Waals surface area (Å²) < 4.78 is 11.0. The molecule has 1 aliphatic carbocycles. The number of rotatable bonds is 4. The Morgan fingerprint density at radius 2 is 2.10 bits per heavy atom. The molecule has 0 spiro atoms. The van der Waals surface area contributed by atoms with Gasteiger partial charge >= 0.3 is 6.01 Å². The van der Waals surface area contributed by atoms with Gasteiger partial charge in [0.25, 0.3) is 0 Å². The lowest BCUT2D eigenvalue weighted by Gasteiger charge is -2.24. The lowest BCUT2D eigenvalue weighted by Crippen LogP contribution is -2.23. The summed E-state index contributed by atoms with van der Waals surface area (Å²) in [5.41, 5.74) is 1.20. The van der Waals surface area contributed by atoms with Gasteiger partial charge in [-0.2, -0.15) is 4.98 Å². The van der Waals surface area contributed by atoms with Gasteiger partial charge in [-0.3, -0.25) is 0 Å². The average molecular weight is 285 g/mol. The van der Waals surface area contributed by atoms with Crippen molar-refractivity contribution in [2.24, 2.45) is 0 Å². The molecular weight excluding hydrogens is 266 g/mol. The summed E-state index contributed by atoms with van der Waals surface area (Å²) >= 11 is 0. The molecule has 1 saturated heterocycles. The fourth-order valence-corrected chi connectivity index (χ4v) is 3.11. The first-order valence-corrected chi connectivity index (χ1v) is 7.60. The van der Waals surface area contributed by atoms with Gasteiger partial charge in [0.15, 0.2) is 5.82 Å². The largest absolute Gasteiger partial charge is 0.496 e. The minimum absolute atomic E-state index is 0.258. The van der Waals surface area contributed by atoms with Crippen molar-refractivity contribution < 1.29 is 9.26 Å². The van der Waals surface area contributed by atoms with Crippen LogP contribution < -0.4 is 9.64 Å². The maximum Gasteiger partial charge on any atom is 0.324 e. The molecule has 1 saturated carbocycles. The molecule has 0 amide bonds. The fourth-order valence-electron chi connectivity index (χ4n) is 3.11. The topological polar surface area (TPSA) is 51.4 Å². The molecule has 5 heteroatoms. The maximum absolute atomic E-state index is 5.50. The summed E-state index contributed by atoms with van der Waals surface area (Å²) in [6, 6.07) is 9.10. The van der Waals surface area contributed by atoms with E-state index in [-0.39, 0.29) is 6.04 Å².